The normalized spacial score (nSPS) is 12.1. The molecule has 106 valence electrons. The van der Waals surface area contributed by atoms with Crippen LogP contribution in [-0.2, 0) is 6.54 Å². The Labute approximate surface area is 116 Å². The molecule has 6 nitrogen and oxygen atoms in total. The van der Waals surface area contributed by atoms with Gasteiger partial charge in [-0.2, -0.15) is 0 Å². The molecule has 0 saturated heterocycles. The van der Waals surface area contributed by atoms with Gasteiger partial charge in [-0.05, 0) is 30.7 Å². The second kappa shape index (κ2) is 6.21. The number of benzene rings is 1. The Morgan fingerprint density at radius 1 is 1.40 bits per heavy atom. The molecule has 2 aromatic rings. The van der Waals surface area contributed by atoms with Gasteiger partial charge in [0.2, 0.25) is 0 Å². The number of furan rings is 1. The summed E-state index contributed by atoms with van der Waals surface area (Å²) in [7, 11) is 1.62. The minimum Gasteiger partial charge on any atom is -0.497 e. The van der Waals surface area contributed by atoms with Crippen molar-refractivity contribution in [2.75, 3.05) is 7.11 Å². The van der Waals surface area contributed by atoms with Crippen LogP contribution in [-0.4, -0.2) is 12.0 Å². The van der Waals surface area contributed by atoms with Crippen molar-refractivity contribution in [3.63, 3.8) is 0 Å². The van der Waals surface area contributed by atoms with Gasteiger partial charge in [0, 0.05) is 6.04 Å². The molecule has 1 aromatic heterocycles. The fourth-order valence-corrected chi connectivity index (χ4v) is 1.84. The van der Waals surface area contributed by atoms with Crippen molar-refractivity contribution in [1.29, 1.82) is 0 Å². The average molecular weight is 276 g/mol. The monoisotopic (exact) mass is 276 g/mol. The lowest BCUT2D eigenvalue weighted by molar-refractivity contribution is -0.402. The zero-order valence-electron chi connectivity index (χ0n) is 11.3. The lowest BCUT2D eigenvalue weighted by Crippen LogP contribution is -2.17. The van der Waals surface area contributed by atoms with Crippen LogP contribution in [0.1, 0.15) is 24.3 Å². The van der Waals surface area contributed by atoms with Crippen LogP contribution in [0, 0.1) is 10.1 Å². The van der Waals surface area contributed by atoms with Crippen molar-refractivity contribution < 1.29 is 14.1 Å². The topological polar surface area (TPSA) is 77.5 Å². The summed E-state index contributed by atoms with van der Waals surface area (Å²) >= 11 is 0. The van der Waals surface area contributed by atoms with Crippen molar-refractivity contribution in [2.24, 2.45) is 0 Å². The van der Waals surface area contributed by atoms with Gasteiger partial charge in [0.15, 0.2) is 0 Å². The molecule has 20 heavy (non-hydrogen) atoms. The minimum absolute atomic E-state index is 0.0780. The number of methoxy groups -OCH3 is 1. The molecule has 1 N–H and O–H groups in total. The molecule has 0 aliphatic rings. The molecule has 0 aliphatic carbocycles. The number of ether oxygens (including phenoxy) is 1. The van der Waals surface area contributed by atoms with E-state index in [-0.39, 0.29) is 11.9 Å². The lowest BCUT2D eigenvalue weighted by atomic mass is 10.1. The van der Waals surface area contributed by atoms with Gasteiger partial charge < -0.3 is 14.5 Å². The molecule has 0 fully saturated rings. The summed E-state index contributed by atoms with van der Waals surface area (Å²) in [5, 5.41) is 13.8. The van der Waals surface area contributed by atoms with E-state index in [0.29, 0.717) is 12.3 Å². The van der Waals surface area contributed by atoms with Crippen LogP contribution >= 0.6 is 0 Å². The summed E-state index contributed by atoms with van der Waals surface area (Å²) in [4.78, 5) is 9.98. The minimum atomic E-state index is -0.547. The Morgan fingerprint density at radius 3 is 2.85 bits per heavy atom. The molecule has 1 atom stereocenters. The largest absolute Gasteiger partial charge is 0.497 e. The average Bonchev–Trinajstić information content (AvgIpc) is 2.94. The molecule has 0 amide bonds. The first-order valence-electron chi connectivity index (χ1n) is 6.20. The van der Waals surface area contributed by atoms with Gasteiger partial charge in [0.1, 0.15) is 16.4 Å². The van der Waals surface area contributed by atoms with Gasteiger partial charge in [-0.1, -0.05) is 12.1 Å². The Hall–Kier alpha value is -2.34. The summed E-state index contributed by atoms with van der Waals surface area (Å²) in [5.41, 5.74) is 1.07. The summed E-state index contributed by atoms with van der Waals surface area (Å²) in [5.74, 6) is 1.09. The standard InChI is InChI=1S/C14H16N2O4/c1-10(11-4-3-5-12(8-11)19-2)15-9-13-6-7-14(20-13)16(17)18/h3-8,10,15H,9H2,1-2H3. The van der Waals surface area contributed by atoms with Crippen LogP contribution in [0.3, 0.4) is 0 Å². The summed E-state index contributed by atoms with van der Waals surface area (Å²) < 4.78 is 10.3. The Bertz CT molecular complexity index is 594. The maximum absolute atomic E-state index is 10.5. The SMILES string of the molecule is COc1cccc(C(C)NCc2ccc([N+](=O)[O-])o2)c1. The van der Waals surface area contributed by atoms with Crippen LogP contribution in [0.25, 0.3) is 0 Å². The smallest absolute Gasteiger partial charge is 0.433 e. The number of nitrogens with zero attached hydrogens (tertiary/aromatic N) is 1. The van der Waals surface area contributed by atoms with Crippen LogP contribution in [0.4, 0.5) is 5.88 Å². The second-order valence-electron chi connectivity index (χ2n) is 4.38. The van der Waals surface area contributed by atoms with Gasteiger partial charge in [0.25, 0.3) is 0 Å². The second-order valence-corrected chi connectivity index (χ2v) is 4.38. The lowest BCUT2D eigenvalue weighted by Gasteiger charge is -2.14. The van der Waals surface area contributed by atoms with Crippen molar-refractivity contribution in [3.05, 3.63) is 57.8 Å². The van der Waals surface area contributed by atoms with E-state index in [2.05, 4.69) is 5.32 Å². The van der Waals surface area contributed by atoms with Crippen LogP contribution in [0.2, 0.25) is 0 Å². The third-order valence-corrected chi connectivity index (χ3v) is 3.00. The van der Waals surface area contributed by atoms with Gasteiger partial charge in [-0.3, -0.25) is 10.1 Å². The van der Waals surface area contributed by atoms with Gasteiger partial charge in [0.05, 0.1) is 19.7 Å². The van der Waals surface area contributed by atoms with Gasteiger partial charge in [-0.25, -0.2) is 0 Å². The highest BCUT2D eigenvalue weighted by Crippen LogP contribution is 2.20. The highest BCUT2D eigenvalue weighted by atomic mass is 16.6. The molecule has 2 rings (SSSR count). The van der Waals surface area contributed by atoms with E-state index in [1.807, 2.05) is 31.2 Å². The third kappa shape index (κ3) is 3.36. The molecule has 1 aromatic carbocycles. The van der Waals surface area contributed by atoms with E-state index in [4.69, 9.17) is 9.15 Å². The van der Waals surface area contributed by atoms with Crippen LogP contribution in [0.15, 0.2) is 40.8 Å². The van der Waals surface area contributed by atoms with Crippen LogP contribution in [0.5, 0.6) is 5.75 Å². The first-order chi connectivity index (χ1) is 9.60. The number of nitrogens with one attached hydrogen (secondary N) is 1. The molecule has 1 heterocycles. The van der Waals surface area contributed by atoms with Gasteiger partial charge in [-0.15, -0.1) is 0 Å². The number of nitro groups is 1. The first-order valence-corrected chi connectivity index (χ1v) is 6.20. The predicted molar refractivity (Wildman–Crippen MR) is 73.6 cm³/mol. The van der Waals surface area contributed by atoms with Crippen molar-refractivity contribution in [2.45, 2.75) is 19.5 Å². The fraction of sp³-hybridized carbons (Fsp3) is 0.286. The zero-order chi connectivity index (χ0) is 14.5. The molecule has 0 spiro atoms. The summed E-state index contributed by atoms with van der Waals surface area (Å²) in [6, 6.07) is 10.8. The summed E-state index contributed by atoms with van der Waals surface area (Å²) in [6.45, 7) is 2.43. The van der Waals surface area contributed by atoms with E-state index >= 15 is 0 Å². The quantitative estimate of drug-likeness (QED) is 0.648. The van der Waals surface area contributed by atoms with Crippen molar-refractivity contribution in [3.8, 4) is 5.75 Å². The van der Waals surface area contributed by atoms with E-state index in [0.717, 1.165) is 11.3 Å². The number of rotatable bonds is 6. The molecular weight excluding hydrogens is 260 g/mol. The zero-order valence-corrected chi connectivity index (χ0v) is 11.3. The molecular formula is C14H16N2O4. The van der Waals surface area contributed by atoms with Crippen molar-refractivity contribution >= 4 is 5.88 Å². The van der Waals surface area contributed by atoms with E-state index < -0.39 is 4.92 Å². The fourth-order valence-electron chi connectivity index (χ4n) is 1.84. The van der Waals surface area contributed by atoms with Gasteiger partial charge >= 0.3 is 5.88 Å². The van der Waals surface area contributed by atoms with E-state index in [1.54, 1.807) is 13.2 Å². The Balaban J connectivity index is 1.96. The predicted octanol–water partition coefficient (Wildman–Crippen LogP) is 3.05. The maximum atomic E-state index is 10.5. The van der Waals surface area contributed by atoms with Crippen molar-refractivity contribution in [1.82, 2.24) is 5.32 Å². The molecule has 0 radical (unpaired) electrons. The third-order valence-electron chi connectivity index (χ3n) is 3.00. The number of hydrogen-bond acceptors (Lipinski definition) is 5. The maximum Gasteiger partial charge on any atom is 0.433 e. The van der Waals surface area contributed by atoms with E-state index in [1.165, 1.54) is 6.07 Å². The Kier molecular flexibility index (Phi) is 4.37. The highest BCUT2D eigenvalue weighted by molar-refractivity contribution is 5.30. The van der Waals surface area contributed by atoms with Crippen LogP contribution < -0.4 is 10.1 Å². The molecule has 0 aliphatic heterocycles. The van der Waals surface area contributed by atoms with E-state index in [9.17, 15) is 10.1 Å². The highest BCUT2D eigenvalue weighted by Gasteiger charge is 2.12. The molecule has 0 saturated carbocycles. The molecule has 1 unspecified atom stereocenters. The Morgan fingerprint density at radius 2 is 2.20 bits per heavy atom. The number of hydrogen-bond donors (Lipinski definition) is 1. The first kappa shape index (κ1) is 14.1. The molecule has 6 heteroatoms. The summed E-state index contributed by atoms with van der Waals surface area (Å²) in [6.07, 6.45) is 0. The molecule has 0 bridgehead atoms.